The van der Waals surface area contributed by atoms with Crippen molar-refractivity contribution < 1.29 is 13.6 Å². The van der Waals surface area contributed by atoms with Crippen LogP contribution in [-0.4, -0.2) is 15.5 Å². The monoisotopic (exact) mass is 357 g/mol. The van der Waals surface area contributed by atoms with Crippen LogP contribution in [0, 0.1) is 17.6 Å². The van der Waals surface area contributed by atoms with Crippen molar-refractivity contribution in [3.05, 3.63) is 66.0 Å². The molecule has 136 valence electrons. The molecule has 1 amide bonds. The average molecular weight is 357 g/mol. The molecule has 0 spiro atoms. The predicted octanol–water partition coefficient (Wildman–Crippen LogP) is 4.39. The van der Waals surface area contributed by atoms with Crippen molar-refractivity contribution in [1.82, 2.24) is 14.9 Å². The van der Waals surface area contributed by atoms with Crippen molar-refractivity contribution in [2.45, 2.75) is 32.9 Å². The smallest absolute Gasteiger partial charge is 0.243 e. The second kappa shape index (κ2) is 7.23. The Hall–Kier alpha value is -2.76. The largest absolute Gasteiger partial charge is 0.348 e. The first-order valence-corrected chi connectivity index (χ1v) is 8.55. The molecular weight excluding hydrogens is 336 g/mol. The highest BCUT2D eigenvalue weighted by Crippen LogP contribution is 2.26. The van der Waals surface area contributed by atoms with Crippen LogP contribution < -0.4 is 5.32 Å². The number of nitrogens with one attached hydrogen (secondary N) is 1. The zero-order chi connectivity index (χ0) is 18.8. The first kappa shape index (κ1) is 18.0. The standard InChI is InChI=1S/C20H21F2N3O/c1-12(2)19(20(26)24-13(3)14-7-5-4-6-8-14)25-11-23-17-9-15(21)16(22)10-18(17)25/h4-13,19H,1-3H3,(H,24,26). The second-order valence-electron chi connectivity index (χ2n) is 6.74. The number of benzene rings is 2. The fraction of sp³-hybridized carbons (Fsp3) is 0.300. The van der Waals surface area contributed by atoms with Crippen molar-refractivity contribution in [1.29, 1.82) is 0 Å². The molecule has 0 aliphatic heterocycles. The second-order valence-corrected chi connectivity index (χ2v) is 6.74. The van der Waals surface area contributed by atoms with E-state index in [1.54, 1.807) is 4.57 Å². The Balaban J connectivity index is 1.92. The molecule has 4 nitrogen and oxygen atoms in total. The van der Waals surface area contributed by atoms with Crippen LogP contribution in [0.1, 0.15) is 38.4 Å². The molecule has 0 bridgehead atoms. The van der Waals surface area contributed by atoms with Crippen LogP contribution in [0.4, 0.5) is 8.78 Å². The van der Waals surface area contributed by atoms with Gasteiger partial charge in [0.1, 0.15) is 6.04 Å². The summed E-state index contributed by atoms with van der Waals surface area (Å²) in [6.07, 6.45) is 1.46. The summed E-state index contributed by atoms with van der Waals surface area (Å²) >= 11 is 0. The van der Waals surface area contributed by atoms with Crippen LogP contribution in [0.2, 0.25) is 0 Å². The van der Waals surface area contributed by atoms with Gasteiger partial charge in [0, 0.05) is 12.1 Å². The van der Waals surface area contributed by atoms with Crippen molar-refractivity contribution in [2.75, 3.05) is 0 Å². The van der Waals surface area contributed by atoms with Gasteiger partial charge in [0.2, 0.25) is 5.91 Å². The molecule has 2 unspecified atom stereocenters. The quantitative estimate of drug-likeness (QED) is 0.736. The zero-order valence-corrected chi connectivity index (χ0v) is 14.9. The Labute approximate surface area is 150 Å². The Morgan fingerprint density at radius 3 is 2.38 bits per heavy atom. The molecule has 26 heavy (non-hydrogen) atoms. The van der Waals surface area contributed by atoms with E-state index in [2.05, 4.69) is 10.3 Å². The van der Waals surface area contributed by atoms with Gasteiger partial charge in [0.15, 0.2) is 11.6 Å². The van der Waals surface area contributed by atoms with Crippen LogP contribution >= 0.6 is 0 Å². The minimum absolute atomic E-state index is 0.0662. The number of hydrogen-bond donors (Lipinski definition) is 1. The minimum Gasteiger partial charge on any atom is -0.348 e. The third-order valence-electron chi connectivity index (χ3n) is 4.47. The third-order valence-corrected chi connectivity index (χ3v) is 4.47. The summed E-state index contributed by atoms with van der Waals surface area (Å²) in [6.45, 7) is 5.72. The molecule has 0 saturated carbocycles. The molecule has 0 fully saturated rings. The van der Waals surface area contributed by atoms with Gasteiger partial charge in [0.05, 0.1) is 23.4 Å². The van der Waals surface area contributed by atoms with E-state index in [0.717, 1.165) is 17.7 Å². The lowest BCUT2D eigenvalue weighted by atomic mass is 10.0. The molecule has 0 saturated heterocycles. The SMILES string of the molecule is CC(NC(=O)C(C(C)C)n1cnc2cc(F)c(F)cc21)c1ccccc1. The number of aromatic nitrogens is 2. The fourth-order valence-electron chi connectivity index (χ4n) is 3.12. The molecule has 1 N–H and O–H groups in total. The minimum atomic E-state index is -0.959. The highest BCUT2D eigenvalue weighted by atomic mass is 19.2. The van der Waals surface area contributed by atoms with E-state index in [-0.39, 0.29) is 17.9 Å². The lowest BCUT2D eigenvalue weighted by Crippen LogP contribution is -2.36. The van der Waals surface area contributed by atoms with Crippen LogP contribution in [-0.2, 0) is 4.79 Å². The Morgan fingerprint density at radius 2 is 1.73 bits per heavy atom. The van der Waals surface area contributed by atoms with Gasteiger partial charge in [0.25, 0.3) is 0 Å². The van der Waals surface area contributed by atoms with Crippen LogP contribution in [0.15, 0.2) is 48.8 Å². The maximum Gasteiger partial charge on any atom is 0.243 e. The molecule has 3 rings (SSSR count). The predicted molar refractivity (Wildman–Crippen MR) is 96.5 cm³/mol. The van der Waals surface area contributed by atoms with Crippen molar-refractivity contribution in [3.63, 3.8) is 0 Å². The van der Waals surface area contributed by atoms with E-state index in [4.69, 9.17) is 0 Å². The third kappa shape index (κ3) is 3.45. The van der Waals surface area contributed by atoms with E-state index in [0.29, 0.717) is 11.0 Å². The zero-order valence-electron chi connectivity index (χ0n) is 14.9. The van der Waals surface area contributed by atoms with Crippen LogP contribution in [0.3, 0.4) is 0 Å². The number of imidazole rings is 1. The van der Waals surface area contributed by atoms with E-state index < -0.39 is 17.7 Å². The van der Waals surface area contributed by atoms with Gasteiger partial charge < -0.3 is 9.88 Å². The molecular formula is C20H21F2N3O. The van der Waals surface area contributed by atoms with Crippen LogP contribution in [0.5, 0.6) is 0 Å². The molecule has 0 aliphatic rings. The highest BCUT2D eigenvalue weighted by Gasteiger charge is 2.27. The number of halogens is 2. The van der Waals surface area contributed by atoms with Gasteiger partial charge >= 0.3 is 0 Å². The van der Waals surface area contributed by atoms with Gasteiger partial charge in [-0.15, -0.1) is 0 Å². The van der Waals surface area contributed by atoms with Gasteiger partial charge in [-0.2, -0.15) is 0 Å². The van der Waals surface area contributed by atoms with Gasteiger partial charge in [-0.25, -0.2) is 13.8 Å². The average Bonchev–Trinajstić information content (AvgIpc) is 2.98. The Kier molecular flexibility index (Phi) is 5.02. The summed E-state index contributed by atoms with van der Waals surface area (Å²) in [4.78, 5) is 17.1. The highest BCUT2D eigenvalue weighted by molar-refractivity contribution is 5.84. The molecule has 0 aliphatic carbocycles. The van der Waals surface area contributed by atoms with Crippen LogP contribution in [0.25, 0.3) is 11.0 Å². The van der Waals surface area contributed by atoms with E-state index >= 15 is 0 Å². The normalized spacial score (nSPS) is 13.8. The summed E-state index contributed by atoms with van der Waals surface area (Å²) in [5.74, 6) is -2.17. The van der Waals surface area contributed by atoms with E-state index in [9.17, 15) is 13.6 Å². The van der Waals surface area contributed by atoms with Gasteiger partial charge in [-0.3, -0.25) is 4.79 Å². The lowest BCUT2D eigenvalue weighted by Gasteiger charge is -2.25. The van der Waals surface area contributed by atoms with Crippen molar-refractivity contribution >= 4 is 16.9 Å². The summed E-state index contributed by atoms with van der Waals surface area (Å²) in [5.41, 5.74) is 1.70. The summed E-state index contributed by atoms with van der Waals surface area (Å²) < 4.78 is 28.7. The number of rotatable bonds is 5. The van der Waals surface area contributed by atoms with E-state index in [1.807, 2.05) is 51.1 Å². The first-order chi connectivity index (χ1) is 12.4. The summed E-state index contributed by atoms with van der Waals surface area (Å²) in [6, 6.07) is 11.0. The van der Waals surface area contributed by atoms with Gasteiger partial charge in [-0.1, -0.05) is 44.2 Å². The first-order valence-electron chi connectivity index (χ1n) is 8.55. The molecule has 6 heteroatoms. The molecule has 1 heterocycles. The Morgan fingerprint density at radius 1 is 1.08 bits per heavy atom. The molecule has 0 radical (unpaired) electrons. The maximum atomic E-state index is 13.7. The summed E-state index contributed by atoms with van der Waals surface area (Å²) in [5, 5.41) is 3.00. The molecule has 2 aromatic carbocycles. The number of nitrogens with zero attached hydrogens (tertiary/aromatic N) is 2. The molecule has 3 aromatic rings. The van der Waals surface area contributed by atoms with Gasteiger partial charge in [-0.05, 0) is 18.4 Å². The number of carbonyl (C=O) groups is 1. The van der Waals surface area contributed by atoms with E-state index in [1.165, 1.54) is 6.33 Å². The number of carbonyl (C=O) groups excluding carboxylic acids is 1. The van der Waals surface area contributed by atoms with Crippen molar-refractivity contribution in [3.8, 4) is 0 Å². The molecule has 2 atom stereocenters. The summed E-state index contributed by atoms with van der Waals surface area (Å²) in [7, 11) is 0. The number of hydrogen-bond acceptors (Lipinski definition) is 2. The fourth-order valence-corrected chi connectivity index (χ4v) is 3.12. The number of fused-ring (bicyclic) bond motifs is 1. The maximum absolute atomic E-state index is 13.7. The molecule has 1 aromatic heterocycles. The number of amides is 1. The topological polar surface area (TPSA) is 46.9 Å². The lowest BCUT2D eigenvalue weighted by molar-refractivity contribution is -0.126. The van der Waals surface area contributed by atoms with Crippen molar-refractivity contribution in [2.24, 2.45) is 5.92 Å². The Bertz CT molecular complexity index is 921.